The summed E-state index contributed by atoms with van der Waals surface area (Å²) < 4.78 is 22.3. The maximum Gasteiger partial charge on any atom is 0.379 e. The van der Waals surface area contributed by atoms with Crippen LogP contribution in [0.2, 0.25) is 0 Å². The number of aromatic nitrogens is 2. The molecule has 6 nitrogen and oxygen atoms in total. The van der Waals surface area contributed by atoms with Crippen LogP contribution in [0.15, 0.2) is 30.3 Å². The average Bonchev–Trinajstić information content (AvgIpc) is 2.91. The Labute approximate surface area is 110 Å². The van der Waals surface area contributed by atoms with E-state index in [0.717, 1.165) is 5.56 Å². The largest absolute Gasteiger partial charge is 0.379 e. The fourth-order valence-corrected chi connectivity index (χ4v) is 2.94. The van der Waals surface area contributed by atoms with Crippen molar-refractivity contribution in [1.29, 1.82) is 5.26 Å². The van der Waals surface area contributed by atoms with Crippen LogP contribution in [0.25, 0.3) is 11.1 Å². The third-order valence-electron chi connectivity index (χ3n) is 2.67. The first-order valence-corrected chi connectivity index (χ1v) is 6.96. The summed E-state index contributed by atoms with van der Waals surface area (Å²) in [5, 5.41) is 15.5. The van der Waals surface area contributed by atoms with Gasteiger partial charge in [-0.1, -0.05) is 30.3 Å². The zero-order valence-corrected chi connectivity index (χ0v) is 11.3. The maximum atomic E-state index is 12.5. The Morgan fingerprint density at radius 3 is 2.42 bits per heavy atom. The van der Waals surface area contributed by atoms with Crippen LogP contribution < -0.4 is 5.44 Å². The molecular weight excluding hydrogens is 265 g/mol. The second-order valence-corrected chi connectivity index (χ2v) is 5.81. The molecule has 0 atom stereocenters. The Hall–Kier alpha value is -1.93. The topological polar surface area (TPSA) is 88.0 Å². The molecule has 98 valence electrons. The van der Waals surface area contributed by atoms with E-state index in [2.05, 4.69) is 10.2 Å². The van der Waals surface area contributed by atoms with Gasteiger partial charge in [0, 0.05) is 14.2 Å². The van der Waals surface area contributed by atoms with Crippen molar-refractivity contribution < 1.29 is 13.6 Å². The summed E-state index contributed by atoms with van der Waals surface area (Å²) in [7, 11) is -0.931. The van der Waals surface area contributed by atoms with E-state index in [1.54, 1.807) is 12.1 Å². The molecule has 0 amide bonds. The highest BCUT2D eigenvalue weighted by atomic mass is 31.2. The molecule has 0 unspecified atom stereocenters. The van der Waals surface area contributed by atoms with E-state index in [-0.39, 0.29) is 11.1 Å². The molecule has 0 saturated heterocycles. The van der Waals surface area contributed by atoms with Gasteiger partial charge in [-0.15, -0.1) is 0 Å². The first-order valence-electron chi connectivity index (χ1n) is 5.42. The van der Waals surface area contributed by atoms with Gasteiger partial charge >= 0.3 is 7.60 Å². The van der Waals surface area contributed by atoms with Crippen LogP contribution in [0.5, 0.6) is 0 Å². The normalized spacial score (nSPS) is 11.2. The molecule has 0 radical (unpaired) electrons. The summed E-state index contributed by atoms with van der Waals surface area (Å²) in [6, 6.07) is 11.0. The van der Waals surface area contributed by atoms with Crippen LogP contribution in [0.1, 0.15) is 5.69 Å². The molecule has 0 aliphatic carbocycles. The summed E-state index contributed by atoms with van der Waals surface area (Å²) in [4.78, 5) is 0. The standard InChI is InChI=1S/C12H12N3O3P/c1-17-19(16,18-2)12-11(10(8-13)14-15-12)9-6-4-3-5-7-9/h3-7H,1-2H3,(H,14,15). The van der Waals surface area contributed by atoms with E-state index in [1.807, 2.05) is 24.3 Å². The fourth-order valence-electron chi connectivity index (χ4n) is 1.75. The molecule has 7 heteroatoms. The SMILES string of the molecule is COP(=O)(OC)c1[nH]nc(C#N)c1-c1ccccc1. The van der Waals surface area contributed by atoms with Crippen LogP contribution >= 0.6 is 7.60 Å². The Bertz CT molecular complexity index is 653. The van der Waals surface area contributed by atoms with Crippen LogP contribution in [0.4, 0.5) is 0 Å². The summed E-state index contributed by atoms with van der Waals surface area (Å²) >= 11 is 0. The maximum absolute atomic E-state index is 12.5. The molecule has 1 aromatic carbocycles. The molecule has 19 heavy (non-hydrogen) atoms. The van der Waals surface area contributed by atoms with Crippen molar-refractivity contribution in [2.75, 3.05) is 14.2 Å². The van der Waals surface area contributed by atoms with Crippen molar-refractivity contribution in [2.45, 2.75) is 0 Å². The molecule has 0 aliphatic rings. The molecule has 0 saturated carbocycles. The minimum atomic E-state index is -3.50. The Morgan fingerprint density at radius 1 is 1.26 bits per heavy atom. The first kappa shape index (κ1) is 13.5. The molecule has 1 N–H and O–H groups in total. The molecule has 0 bridgehead atoms. The monoisotopic (exact) mass is 277 g/mol. The van der Waals surface area contributed by atoms with Crippen LogP contribution in [-0.4, -0.2) is 24.4 Å². The summed E-state index contributed by atoms with van der Waals surface area (Å²) in [5.41, 5.74) is 1.49. The summed E-state index contributed by atoms with van der Waals surface area (Å²) in [5.74, 6) is 0. The molecular formula is C12H12N3O3P. The van der Waals surface area contributed by atoms with E-state index in [0.29, 0.717) is 5.56 Å². The lowest BCUT2D eigenvalue weighted by Crippen LogP contribution is -2.12. The molecule has 2 rings (SSSR count). The van der Waals surface area contributed by atoms with Gasteiger partial charge in [-0.05, 0) is 5.56 Å². The van der Waals surface area contributed by atoms with Gasteiger partial charge in [-0.2, -0.15) is 10.4 Å². The number of hydrogen-bond donors (Lipinski definition) is 1. The Morgan fingerprint density at radius 2 is 1.89 bits per heavy atom. The minimum absolute atomic E-state index is 0.149. The fraction of sp³-hybridized carbons (Fsp3) is 0.167. The van der Waals surface area contributed by atoms with Crippen LogP contribution in [0, 0.1) is 11.3 Å². The van der Waals surface area contributed by atoms with Crippen molar-refractivity contribution in [3.63, 3.8) is 0 Å². The smallest absolute Gasteiger partial charge is 0.308 e. The predicted molar refractivity (Wildman–Crippen MR) is 70.0 cm³/mol. The van der Waals surface area contributed by atoms with Gasteiger partial charge in [0.15, 0.2) is 11.1 Å². The molecule has 1 heterocycles. The highest BCUT2D eigenvalue weighted by Crippen LogP contribution is 2.47. The van der Waals surface area contributed by atoms with Gasteiger partial charge in [0.2, 0.25) is 0 Å². The van der Waals surface area contributed by atoms with Crippen LogP contribution in [0.3, 0.4) is 0 Å². The van der Waals surface area contributed by atoms with E-state index in [4.69, 9.17) is 14.3 Å². The number of nitrogens with one attached hydrogen (secondary N) is 1. The van der Waals surface area contributed by atoms with Gasteiger partial charge in [-0.25, -0.2) is 0 Å². The van der Waals surface area contributed by atoms with Crippen molar-refractivity contribution in [3.8, 4) is 17.2 Å². The number of rotatable bonds is 4. The second-order valence-electron chi connectivity index (χ2n) is 3.64. The molecule has 2 aromatic rings. The third kappa shape index (κ3) is 2.32. The number of nitrogens with zero attached hydrogens (tertiary/aromatic N) is 2. The lowest BCUT2D eigenvalue weighted by atomic mass is 10.1. The van der Waals surface area contributed by atoms with Gasteiger partial charge in [0.05, 0.1) is 5.56 Å². The van der Waals surface area contributed by atoms with Crippen molar-refractivity contribution in [1.82, 2.24) is 10.2 Å². The van der Waals surface area contributed by atoms with E-state index in [1.165, 1.54) is 14.2 Å². The minimum Gasteiger partial charge on any atom is -0.308 e. The lowest BCUT2D eigenvalue weighted by Gasteiger charge is -2.13. The zero-order valence-electron chi connectivity index (χ0n) is 10.5. The van der Waals surface area contributed by atoms with Gasteiger partial charge in [-0.3, -0.25) is 9.66 Å². The lowest BCUT2D eigenvalue weighted by molar-refractivity contribution is 0.286. The average molecular weight is 277 g/mol. The number of hydrogen-bond acceptors (Lipinski definition) is 5. The molecule has 0 aliphatic heterocycles. The van der Waals surface area contributed by atoms with E-state index >= 15 is 0 Å². The van der Waals surface area contributed by atoms with Gasteiger partial charge < -0.3 is 9.05 Å². The predicted octanol–water partition coefficient (Wildman–Crippen LogP) is 2.06. The molecule has 0 spiro atoms. The van der Waals surface area contributed by atoms with E-state index in [9.17, 15) is 4.57 Å². The number of aromatic amines is 1. The molecule has 1 aromatic heterocycles. The summed E-state index contributed by atoms with van der Waals surface area (Å²) in [6.45, 7) is 0. The zero-order chi connectivity index (χ0) is 13.9. The van der Waals surface area contributed by atoms with Crippen molar-refractivity contribution >= 4 is 13.0 Å². The first-order chi connectivity index (χ1) is 9.16. The van der Waals surface area contributed by atoms with Crippen molar-refractivity contribution in [3.05, 3.63) is 36.0 Å². The highest BCUT2D eigenvalue weighted by Gasteiger charge is 2.32. The third-order valence-corrected chi connectivity index (χ3v) is 4.50. The highest BCUT2D eigenvalue weighted by molar-refractivity contribution is 7.62. The number of nitriles is 1. The number of H-pyrrole nitrogens is 1. The second kappa shape index (κ2) is 5.37. The molecule has 0 fully saturated rings. The van der Waals surface area contributed by atoms with Gasteiger partial charge in [0.25, 0.3) is 0 Å². The Kier molecular flexibility index (Phi) is 3.82. The van der Waals surface area contributed by atoms with E-state index < -0.39 is 7.60 Å². The van der Waals surface area contributed by atoms with Gasteiger partial charge in [0.1, 0.15) is 6.07 Å². The quantitative estimate of drug-likeness (QED) is 0.864. The summed E-state index contributed by atoms with van der Waals surface area (Å²) in [6.07, 6.45) is 0. The Balaban J connectivity index is 2.70. The number of benzene rings is 1. The van der Waals surface area contributed by atoms with Crippen LogP contribution in [-0.2, 0) is 13.6 Å². The van der Waals surface area contributed by atoms with Crippen molar-refractivity contribution in [2.24, 2.45) is 0 Å².